The number of piperazine rings is 1. The Kier molecular flexibility index (Phi) is 3.50. The lowest BCUT2D eigenvalue weighted by molar-refractivity contribution is 0.144. The fraction of sp³-hybridized carbons (Fsp3) is 0.700. The Morgan fingerprint density at radius 1 is 1.53 bits per heavy atom. The second kappa shape index (κ2) is 4.75. The molecule has 1 saturated heterocycles. The van der Waals surface area contributed by atoms with Crippen LogP contribution in [0.3, 0.4) is 0 Å². The van der Waals surface area contributed by atoms with Crippen LogP contribution in [0.5, 0.6) is 0 Å². The summed E-state index contributed by atoms with van der Waals surface area (Å²) in [4.78, 5) is 8.64. The van der Waals surface area contributed by atoms with E-state index in [1.54, 1.807) is 0 Å². The predicted molar refractivity (Wildman–Crippen MR) is 64.1 cm³/mol. The third-order valence-electron chi connectivity index (χ3n) is 3.30. The Hall–Kier alpha value is -0.920. The lowest BCUT2D eigenvalue weighted by Gasteiger charge is -2.37. The fourth-order valence-corrected chi connectivity index (χ4v) is 3.46. The maximum absolute atomic E-state index is 12.3. The van der Waals surface area contributed by atoms with Crippen molar-refractivity contribution in [1.29, 1.82) is 0 Å². The fourth-order valence-electron chi connectivity index (χ4n) is 2.10. The molecule has 1 aromatic rings. The van der Waals surface area contributed by atoms with Gasteiger partial charge in [0.25, 0.3) is 10.0 Å². The molecule has 1 unspecified atom stereocenters. The highest BCUT2D eigenvalue weighted by Gasteiger charge is 2.32. The van der Waals surface area contributed by atoms with Crippen molar-refractivity contribution < 1.29 is 8.42 Å². The molecule has 0 aliphatic carbocycles. The number of nitrogens with one attached hydrogen (secondary N) is 1. The third-order valence-corrected chi connectivity index (χ3v) is 5.09. The van der Waals surface area contributed by atoms with E-state index in [2.05, 4.69) is 21.8 Å². The second-order valence-corrected chi connectivity index (χ2v) is 6.23. The van der Waals surface area contributed by atoms with Crippen LogP contribution in [-0.2, 0) is 10.0 Å². The number of H-pyrrole nitrogens is 1. The second-order valence-electron chi connectivity index (χ2n) is 4.32. The summed E-state index contributed by atoms with van der Waals surface area (Å²) in [7, 11) is -1.36. The molecule has 2 heterocycles. The van der Waals surface area contributed by atoms with Crippen molar-refractivity contribution in [2.24, 2.45) is 0 Å². The first-order chi connectivity index (χ1) is 8.05. The van der Waals surface area contributed by atoms with Crippen LogP contribution in [0.15, 0.2) is 17.6 Å². The first-order valence-electron chi connectivity index (χ1n) is 5.74. The summed E-state index contributed by atoms with van der Waals surface area (Å²) in [5.41, 5.74) is 0. The molecular weight excluding hydrogens is 240 g/mol. The molecule has 7 heteroatoms. The van der Waals surface area contributed by atoms with Gasteiger partial charge < -0.3 is 9.88 Å². The number of aromatic nitrogens is 2. The highest BCUT2D eigenvalue weighted by atomic mass is 32.2. The van der Waals surface area contributed by atoms with E-state index in [-0.39, 0.29) is 5.03 Å². The Bertz CT molecular complexity index is 457. The number of rotatable bonds is 3. The van der Waals surface area contributed by atoms with Crippen LogP contribution < -0.4 is 0 Å². The lowest BCUT2D eigenvalue weighted by atomic mass is 10.1. The summed E-state index contributed by atoms with van der Waals surface area (Å²) in [6.07, 6.45) is 3.69. The normalized spacial score (nSPS) is 24.0. The van der Waals surface area contributed by atoms with Crippen LogP contribution >= 0.6 is 0 Å². The molecule has 0 aromatic carbocycles. The van der Waals surface area contributed by atoms with Gasteiger partial charge in [-0.05, 0) is 13.5 Å². The zero-order valence-corrected chi connectivity index (χ0v) is 10.9. The molecule has 0 amide bonds. The number of sulfonamides is 1. The smallest absolute Gasteiger partial charge is 0.260 e. The topological polar surface area (TPSA) is 69.3 Å². The monoisotopic (exact) mass is 258 g/mol. The first-order valence-corrected chi connectivity index (χ1v) is 7.18. The highest BCUT2D eigenvalue weighted by Crippen LogP contribution is 2.18. The van der Waals surface area contributed by atoms with E-state index in [9.17, 15) is 8.42 Å². The Labute approximate surface area is 102 Å². The standard InChI is InChI=1S/C10H18N4O2S/c1-3-9-7-14(5-4-13(9)2)17(15,16)10-6-11-8-12-10/h6,8-9H,3-5,7H2,1-2H3,(H,11,12). The van der Waals surface area contributed by atoms with Crippen LogP contribution in [0, 0.1) is 0 Å². The minimum atomic E-state index is -3.40. The minimum Gasteiger partial charge on any atom is -0.335 e. The Balaban J connectivity index is 2.19. The summed E-state index contributed by atoms with van der Waals surface area (Å²) in [5, 5.41) is 0.178. The van der Waals surface area contributed by atoms with Gasteiger partial charge in [-0.2, -0.15) is 4.31 Å². The van der Waals surface area contributed by atoms with E-state index in [0.29, 0.717) is 19.1 Å². The molecule has 2 rings (SSSR count). The molecule has 0 spiro atoms. The average Bonchev–Trinajstić information content (AvgIpc) is 2.83. The van der Waals surface area contributed by atoms with Gasteiger partial charge in [-0.25, -0.2) is 13.4 Å². The third kappa shape index (κ3) is 2.36. The molecular formula is C10H18N4O2S. The SMILES string of the molecule is CCC1CN(S(=O)(=O)c2cnc[nH]2)CCN1C. The van der Waals surface area contributed by atoms with Crippen LogP contribution in [0.2, 0.25) is 0 Å². The molecule has 96 valence electrons. The number of likely N-dealkylation sites (N-methyl/N-ethyl adjacent to an activating group) is 1. The average molecular weight is 258 g/mol. The van der Waals surface area contributed by atoms with Gasteiger partial charge in [-0.1, -0.05) is 6.92 Å². The van der Waals surface area contributed by atoms with E-state index in [4.69, 9.17) is 0 Å². The number of nitrogens with zero attached hydrogens (tertiary/aromatic N) is 3. The minimum absolute atomic E-state index is 0.178. The van der Waals surface area contributed by atoms with E-state index in [1.165, 1.54) is 16.8 Å². The quantitative estimate of drug-likeness (QED) is 0.836. The summed E-state index contributed by atoms with van der Waals surface area (Å²) in [5.74, 6) is 0. The van der Waals surface area contributed by atoms with Crippen molar-refractivity contribution in [3.05, 3.63) is 12.5 Å². The summed E-state index contributed by atoms with van der Waals surface area (Å²) < 4.78 is 26.0. The number of hydrogen-bond acceptors (Lipinski definition) is 4. The summed E-state index contributed by atoms with van der Waals surface area (Å²) >= 11 is 0. The highest BCUT2D eigenvalue weighted by molar-refractivity contribution is 7.89. The largest absolute Gasteiger partial charge is 0.335 e. The van der Waals surface area contributed by atoms with Gasteiger partial charge in [-0.3, -0.25) is 0 Å². The van der Waals surface area contributed by atoms with Gasteiger partial charge in [0.15, 0.2) is 5.03 Å². The van der Waals surface area contributed by atoms with Crippen molar-refractivity contribution >= 4 is 10.0 Å². The zero-order chi connectivity index (χ0) is 12.5. The maximum Gasteiger partial charge on any atom is 0.260 e. The van der Waals surface area contributed by atoms with Crippen molar-refractivity contribution in [3.8, 4) is 0 Å². The molecule has 1 aliphatic heterocycles. The van der Waals surface area contributed by atoms with E-state index in [1.807, 2.05) is 7.05 Å². The summed E-state index contributed by atoms with van der Waals surface area (Å²) in [6, 6.07) is 0.293. The molecule has 1 N–H and O–H groups in total. The van der Waals surface area contributed by atoms with Crippen LogP contribution in [-0.4, -0.2) is 60.3 Å². The molecule has 1 aliphatic rings. The van der Waals surface area contributed by atoms with Crippen molar-refractivity contribution in [2.45, 2.75) is 24.4 Å². The first kappa shape index (κ1) is 12.5. The molecule has 1 fully saturated rings. The van der Waals surface area contributed by atoms with Gasteiger partial charge in [-0.15, -0.1) is 0 Å². The number of aromatic amines is 1. The summed E-state index contributed by atoms with van der Waals surface area (Å²) in [6.45, 7) is 3.93. The van der Waals surface area contributed by atoms with Gasteiger partial charge in [0.2, 0.25) is 0 Å². The molecule has 17 heavy (non-hydrogen) atoms. The molecule has 0 bridgehead atoms. The van der Waals surface area contributed by atoms with Crippen LogP contribution in [0.25, 0.3) is 0 Å². The van der Waals surface area contributed by atoms with Crippen molar-refractivity contribution in [3.63, 3.8) is 0 Å². The molecule has 6 nitrogen and oxygen atoms in total. The number of hydrogen-bond donors (Lipinski definition) is 1. The van der Waals surface area contributed by atoms with E-state index >= 15 is 0 Å². The molecule has 0 radical (unpaired) electrons. The predicted octanol–water partition coefficient (Wildman–Crippen LogP) is 0.124. The van der Waals surface area contributed by atoms with Crippen LogP contribution in [0.1, 0.15) is 13.3 Å². The Morgan fingerprint density at radius 2 is 2.29 bits per heavy atom. The zero-order valence-electron chi connectivity index (χ0n) is 10.1. The van der Waals surface area contributed by atoms with E-state index in [0.717, 1.165) is 13.0 Å². The van der Waals surface area contributed by atoms with Crippen molar-refractivity contribution in [1.82, 2.24) is 19.2 Å². The Morgan fingerprint density at radius 3 is 2.88 bits per heavy atom. The number of imidazole rings is 1. The van der Waals surface area contributed by atoms with Gasteiger partial charge in [0.1, 0.15) is 0 Å². The van der Waals surface area contributed by atoms with E-state index < -0.39 is 10.0 Å². The van der Waals surface area contributed by atoms with Gasteiger partial charge in [0, 0.05) is 25.7 Å². The maximum atomic E-state index is 12.3. The molecule has 0 saturated carbocycles. The molecule has 1 aromatic heterocycles. The van der Waals surface area contributed by atoms with Gasteiger partial charge >= 0.3 is 0 Å². The van der Waals surface area contributed by atoms with Crippen molar-refractivity contribution in [2.75, 3.05) is 26.7 Å². The lowest BCUT2D eigenvalue weighted by Crippen LogP contribution is -2.52. The van der Waals surface area contributed by atoms with Crippen LogP contribution in [0.4, 0.5) is 0 Å². The van der Waals surface area contributed by atoms with Gasteiger partial charge in [0.05, 0.1) is 12.5 Å². The molecule has 1 atom stereocenters.